The van der Waals surface area contributed by atoms with Gasteiger partial charge >= 0.3 is 0 Å². The molecule has 4 heteroatoms. The van der Waals surface area contributed by atoms with Crippen LogP contribution in [0.2, 0.25) is 5.02 Å². The smallest absolute Gasteiger partial charge is 0.123 e. The van der Waals surface area contributed by atoms with Crippen LogP contribution >= 0.6 is 11.6 Å². The van der Waals surface area contributed by atoms with E-state index in [1.807, 2.05) is 18.2 Å². The van der Waals surface area contributed by atoms with Gasteiger partial charge < -0.3 is 10.5 Å². The van der Waals surface area contributed by atoms with Gasteiger partial charge in [-0.2, -0.15) is 0 Å². The predicted molar refractivity (Wildman–Crippen MR) is 77.4 cm³/mol. The molecule has 0 radical (unpaired) electrons. The number of rotatable bonds is 3. The molecule has 0 heterocycles. The summed E-state index contributed by atoms with van der Waals surface area (Å²) in [5, 5.41) is 0.510. The summed E-state index contributed by atoms with van der Waals surface area (Å²) < 4.78 is 19.0. The number of nitrogens with two attached hydrogens (primary N) is 1. The second kappa shape index (κ2) is 5.43. The topological polar surface area (TPSA) is 35.2 Å². The predicted octanol–water partition coefficient (Wildman–Crippen LogP) is 4.00. The Balaban J connectivity index is 1.81. The highest BCUT2D eigenvalue weighted by Gasteiger charge is 2.22. The van der Waals surface area contributed by atoms with Crippen molar-refractivity contribution < 1.29 is 9.13 Å². The Labute approximate surface area is 122 Å². The first-order chi connectivity index (χ1) is 9.65. The molecule has 104 valence electrons. The van der Waals surface area contributed by atoms with Gasteiger partial charge in [-0.1, -0.05) is 23.7 Å². The van der Waals surface area contributed by atoms with Crippen LogP contribution < -0.4 is 10.5 Å². The average molecular weight is 292 g/mol. The Morgan fingerprint density at radius 1 is 1.30 bits per heavy atom. The lowest BCUT2D eigenvalue weighted by molar-refractivity contribution is 0.303. The van der Waals surface area contributed by atoms with Crippen LogP contribution in [0.4, 0.5) is 4.39 Å². The fourth-order valence-corrected chi connectivity index (χ4v) is 2.77. The fourth-order valence-electron chi connectivity index (χ4n) is 2.60. The van der Waals surface area contributed by atoms with E-state index in [1.54, 1.807) is 6.07 Å². The highest BCUT2D eigenvalue weighted by Crippen LogP contribution is 2.36. The second-order valence-electron chi connectivity index (χ2n) is 4.99. The van der Waals surface area contributed by atoms with E-state index >= 15 is 0 Å². The zero-order chi connectivity index (χ0) is 14.1. The summed E-state index contributed by atoms with van der Waals surface area (Å²) in [4.78, 5) is 0. The first-order valence-electron chi connectivity index (χ1n) is 6.59. The van der Waals surface area contributed by atoms with Crippen LogP contribution in [-0.2, 0) is 13.0 Å². The minimum Gasteiger partial charge on any atom is -0.489 e. The van der Waals surface area contributed by atoms with Crippen molar-refractivity contribution in [3.8, 4) is 5.75 Å². The van der Waals surface area contributed by atoms with E-state index in [4.69, 9.17) is 22.1 Å². The maximum Gasteiger partial charge on any atom is 0.123 e. The van der Waals surface area contributed by atoms with E-state index in [1.165, 1.54) is 12.1 Å². The van der Waals surface area contributed by atoms with Crippen molar-refractivity contribution in [3.63, 3.8) is 0 Å². The number of fused-ring (bicyclic) bond motifs is 1. The van der Waals surface area contributed by atoms with Crippen molar-refractivity contribution in [1.29, 1.82) is 0 Å². The molecule has 3 rings (SSSR count). The molecule has 1 aliphatic rings. The lowest BCUT2D eigenvalue weighted by atomic mass is 10.1. The minimum absolute atomic E-state index is 0.0892. The molecule has 0 aliphatic heterocycles. The van der Waals surface area contributed by atoms with Crippen LogP contribution in [0.5, 0.6) is 5.75 Å². The standard InChI is InChI=1S/C16H15ClFNO/c17-14-6-4-11(18)8-10(14)9-20-16-3-1-2-12-13(16)5-7-15(12)19/h1-4,6,8,15H,5,7,9,19H2. The Morgan fingerprint density at radius 3 is 3.00 bits per heavy atom. The maximum absolute atomic E-state index is 13.2. The third-order valence-corrected chi connectivity index (χ3v) is 4.03. The number of hydrogen-bond donors (Lipinski definition) is 1. The molecule has 2 aromatic rings. The van der Waals surface area contributed by atoms with Gasteiger partial charge in [-0.05, 0) is 48.2 Å². The molecule has 0 aromatic heterocycles. The van der Waals surface area contributed by atoms with Crippen LogP contribution in [0, 0.1) is 5.82 Å². The van der Waals surface area contributed by atoms with Crippen molar-refractivity contribution in [2.24, 2.45) is 5.73 Å². The summed E-state index contributed by atoms with van der Waals surface area (Å²) in [5.74, 6) is 0.504. The lowest BCUT2D eigenvalue weighted by Gasteiger charge is -2.12. The molecule has 1 atom stereocenters. The molecule has 0 saturated carbocycles. The molecule has 0 amide bonds. The van der Waals surface area contributed by atoms with Crippen LogP contribution in [0.3, 0.4) is 0 Å². The third kappa shape index (κ3) is 2.51. The zero-order valence-corrected chi connectivity index (χ0v) is 11.7. The highest BCUT2D eigenvalue weighted by atomic mass is 35.5. The largest absolute Gasteiger partial charge is 0.489 e. The molecule has 0 spiro atoms. The molecule has 20 heavy (non-hydrogen) atoms. The van der Waals surface area contributed by atoms with Crippen LogP contribution in [0.1, 0.15) is 29.2 Å². The van der Waals surface area contributed by atoms with Crippen molar-refractivity contribution in [3.05, 3.63) is 63.9 Å². The van der Waals surface area contributed by atoms with Crippen molar-refractivity contribution in [2.45, 2.75) is 25.5 Å². The minimum atomic E-state index is -0.312. The Hall–Kier alpha value is -1.58. The molecule has 1 unspecified atom stereocenters. The van der Waals surface area contributed by atoms with Crippen molar-refractivity contribution in [2.75, 3.05) is 0 Å². The maximum atomic E-state index is 13.2. The van der Waals surface area contributed by atoms with Gasteiger partial charge in [0.2, 0.25) is 0 Å². The Kier molecular flexibility index (Phi) is 3.64. The van der Waals surface area contributed by atoms with Gasteiger partial charge in [0.1, 0.15) is 18.2 Å². The molecule has 1 aliphatic carbocycles. The molecule has 0 fully saturated rings. The Morgan fingerprint density at radius 2 is 2.15 bits per heavy atom. The molecule has 0 saturated heterocycles. The number of benzene rings is 2. The van der Waals surface area contributed by atoms with Gasteiger partial charge in [0.15, 0.2) is 0 Å². The summed E-state index contributed by atoms with van der Waals surface area (Å²) in [5.41, 5.74) is 8.99. The van der Waals surface area contributed by atoms with Gasteiger partial charge in [-0.25, -0.2) is 4.39 Å². The van der Waals surface area contributed by atoms with Gasteiger partial charge in [0.25, 0.3) is 0 Å². The first kappa shape index (κ1) is 13.4. The van der Waals surface area contributed by atoms with Gasteiger partial charge in [-0.3, -0.25) is 0 Å². The van der Waals surface area contributed by atoms with Crippen LogP contribution in [-0.4, -0.2) is 0 Å². The van der Waals surface area contributed by atoms with E-state index in [-0.39, 0.29) is 18.5 Å². The third-order valence-electron chi connectivity index (χ3n) is 3.67. The van der Waals surface area contributed by atoms with Crippen molar-refractivity contribution >= 4 is 11.6 Å². The fraction of sp³-hybridized carbons (Fsp3) is 0.250. The number of halogens is 2. The molecule has 2 N–H and O–H groups in total. The number of ether oxygens (including phenoxy) is 1. The molecule has 0 bridgehead atoms. The van der Waals surface area contributed by atoms with Crippen LogP contribution in [0.15, 0.2) is 36.4 Å². The van der Waals surface area contributed by atoms with E-state index in [9.17, 15) is 4.39 Å². The number of hydrogen-bond acceptors (Lipinski definition) is 2. The van der Waals surface area contributed by atoms with Crippen molar-refractivity contribution in [1.82, 2.24) is 0 Å². The molecule has 2 nitrogen and oxygen atoms in total. The van der Waals surface area contributed by atoms with E-state index < -0.39 is 0 Å². The average Bonchev–Trinajstić information content (AvgIpc) is 2.82. The lowest BCUT2D eigenvalue weighted by Crippen LogP contribution is -2.05. The first-order valence-corrected chi connectivity index (χ1v) is 6.97. The second-order valence-corrected chi connectivity index (χ2v) is 5.40. The summed E-state index contributed by atoms with van der Waals surface area (Å²) >= 11 is 6.04. The SMILES string of the molecule is NC1CCc2c(OCc3cc(F)ccc3Cl)cccc21. The molecular weight excluding hydrogens is 277 g/mol. The molecular formula is C16H15ClFNO. The monoisotopic (exact) mass is 291 g/mol. The normalized spacial score (nSPS) is 17.1. The van der Waals surface area contributed by atoms with E-state index in [2.05, 4.69) is 0 Å². The van der Waals surface area contributed by atoms with Gasteiger partial charge in [0.05, 0.1) is 0 Å². The summed E-state index contributed by atoms with van der Waals surface area (Å²) in [6, 6.07) is 10.3. The highest BCUT2D eigenvalue weighted by molar-refractivity contribution is 6.31. The van der Waals surface area contributed by atoms with Gasteiger partial charge in [-0.15, -0.1) is 0 Å². The van der Waals surface area contributed by atoms with E-state index in [0.29, 0.717) is 10.6 Å². The summed E-state index contributed by atoms with van der Waals surface area (Å²) in [6.07, 6.45) is 1.86. The van der Waals surface area contributed by atoms with Crippen LogP contribution in [0.25, 0.3) is 0 Å². The van der Waals surface area contributed by atoms with Gasteiger partial charge in [0, 0.05) is 16.6 Å². The summed E-state index contributed by atoms with van der Waals surface area (Å²) in [6.45, 7) is 0.252. The zero-order valence-electron chi connectivity index (χ0n) is 10.9. The summed E-state index contributed by atoms with van der Waals surface area (Å²) in [7, 11) is 0. The van der Waals surface area contributed by atoms with E-state index in [0.717, 1.165) is 29.7 Å². The molecule has 2 aromatic carbocycles. The Bertz CT molecular complexity index is 644. The quantitative estimate of drug-likeness (QED) is 0.927.